The first kappa shape index (κ1) is 16.4. The molecule has 0 radical (unpaired) electrons. The zero-order valence-corrected chi connectivity index (χ0v) is 13.2. The first-order valence-corrected chi connectivity index (χ1v) is 7.24. The average Bonchev–Trinajstić information content (AvgIpc) is 2.56. The lowest BCUT2D eigenvalue weighted by Crippen LogP contribution is -2.24. The van der Waals surface area contributed by atoms with E-state index in [0.29, 0.717) is 17.7 Å². The number of hydrogen-bond acceptors (Lipinski definition) is 3. The number of carbonyl (C=O) groups excluding carboxylic acids is 2. The van der Waals surface area contributed by atoms with Gasteiger partial charge in [-0.2, -0.15) is 0 Å². The van der Waals surface area contributed by atoms with Crippen molar-refractivity contribution in [2.45, 2.75) is 13.8 Å². The quantitative estimate of drug-likeness (QED) is 0.834. The topological polar surface area (TPSA) is 71.1 Å². The summed E-state index contributed by atoms with van der Waals surface area (Å²) in [4.78, 5) is 28.3. The minimum absolute atomic E-state index is 0.292. The summed E-state index contributed by atoms with van der Waals surface area (Å²) in [6.45, 7) is 7.76. The van der Waals surface area contributed by atoms with Crippen molar-refractivity contribution in [1.29, 1.82) is 0 Å². The van der Waals surface area contributed by atoms with E-state index in [0.717, 1.165) is 16.8 Å². The van der Waals surface area contributed by atoms with Gasteiger partial charge in [-0.05, 0) is 31.0 Å². The van der Waals surface area contributed by atoms with Crippen molar-refractivity contribution in [3.8, 4) is 0 Å². The minimum Gasteiger partial charge on any atom is -0.349 e. The fourth-order valence-corrected chi connectivity index (χ4v) is 2.15. The van der Waals surface area contributed by atoms with E-state index in [1.807, 2.05) is 32.0 Å². The molecule has 0 aliphatic heterocycles. The molecule has 0 atom stereocenters. The molecule has 118 valence electrons. The Kier molecular flexibility index (Phi) is 5.25. The molecule has 1 heterocycles. The van der Waals surface area contributed by atoms with E-state index in [1.165, 1.54) is 18.5 Å². The van der Waals surface area contributed by atoms with Gasteiger partial charge in [0, 0.05) is 24.6 Å². The van der Waals surface area contributed by atoms with Gasteiger partial charge >= 0.3 is 0 Å². The molecule has 23 heavy (non-hydrogen) atoms. The van der Waals surface area contributed by atoms with Crippen molar-refractivity contribution in [3.63, 3.8) is 0 Å². The Balaban J connectivity index is 2.20. The Morgan fingerprint density at radius 3 is 2.35 bits per heavy atom. The van der Waals surface area contributed by atoms with E-state index in [1.54, 1.807) is 6.08 Å². The van der Waals surface area contributed by atoms with Crippen molar-refractivity contribution < 1.29 is 9.59 Å². The fourth-order valence-electron chi connectivity index (χ4n) is 2.15. The normalized spacial score (nSPS) is 10.0. The summed E-state index contributed by atoms with van der Waals surface area (Å²) in [5.41, 5.74) is 3.40. The number of amides is 2. The van der Waals surface area contributed by atoms with Gasteiger partial charge in [-0.15, -0.1) is 6.58 Å². The van der Waals surface area contributed by atoms with Crippen molar-refractivity contribution in [1.82, 2.24) is 10.3 Å². The number of pyridine rings is 1. The van der Waals surface area contributed by atoms with Crippen molar-refractivity contribution in [2.24, 2.45) is 0 Å². The second-order valence-corrected chi connectivity index (χ2v) is 5.18. The Hall–Kier alpha value is -2.95. The lowest BCUT2D eigenvalue weighted by molar-refractivity contribution is 0.0957. The third kappa shape index (κ3) is 4.03. The van der Waals surface area contributed by atoms with E-state index < -0.39 is 0 Å². The number of nitrogens with zero attached hydrogens (tertiary/aromatic N) is 1. The largest absolute Gasteiger partial charge is 0.349 e. The fraction of sp³-hybridized carbons (Fsp3) is 0.167. The van der Waals surface area contributed by atoms with Crippen LogP contribution in [0.1, 0.15) is 31.8 Å². The number of hydrogen-bond donors (Lipinski definition) is 2. The maximum absolute atomic E-state index is 12.4. The van der Waals surface area contributed by atoms with Crippen molar-refractivity contribution in [2.75, 3.05) is 11.9 Å². The maximum atomic E-state index is 12.4. The molecule has 0 spiro atoms. The van der Waals surface area contributed by atoms with Gasteiger partial charge in [0.05, 0.1) is 11.1 Å². The molecule has 2 N–H and O–H groups in total. The van der Waals surface area contributed by atoms with Gasteiger partial charge < -0.3 is 10.6 Å². The molecule has 2 rings (SSSR count). The van der Waals surface area contributed by atoms with Crippen LogP contribution in [0.25, 0.3) is 0 Å². The highest BCUT2D eigenvalue weighted by Crippen LogP contribution is 2.20. The van der Waals surface area contributed by atoms with Crippen LogP contribution in [0.4, 0.5) is 5.69 Å². The van der Waals surface area contributed by atoms with E-state index in [4.69, 9.17) is 0 Å². The first-order valence-electron chi connectivity index (χ1n) is 7.24. The molecule has 0 saturated heterocycles. The molecule has 1 aromatic heterocycles. The summed E-state index contributed by atoms with van der Waals surface area (Å²) < 4.78 is 0. The van der Waals surface area contributed by atoms with Crippen LogP contribution in [0.3, 0.4) is 0 Å². The number of aryl methyl sites for hydroxylation is 2. The summed E-state index contributed by atoms with van der Waals surface area (Å²) in [5, 5.41) is 5.53. The third-order valence-corrected chi connectivity index (χ3v) is 3.39. The number of nitrogens with one attached hydrogen (secondary N) is 2. The van der Waals surface area contributed by atoms with E-state index in [9.17, 15) is 9.59 Å². The number of carbonyl (C=O) groups is 2. The Morgan fingerprint density at radius 2 is 1.74 bits per heavy atom. The van der Waals surface area contributed by atoms with Gasteiger partial charge in [-0.25, -0.2) is 0 Å². The van der Waals surface area contributed by atoms with Crippen LogP contribution in [0.2, 0.25) is 0 Å². The van der Waals surface area contributed by atoms with Crippen molar-refractivity contribution in [3.05, 3.63) is 71.6 Å². The van der Waals surface area contributed by atoms with E-state index in [2.05, 4.69) is 22.2 Å². The highest BCUT2D eigenvalue weighted by atomic mass is 16.2. The highest BCUT2D eigenvalue weighted by Gasteiger charge is 2.13. The van der Waals surface area contributed by atoms with Gasteiger partial charge in [0.1, 0.15) is 0 Å². The van der Waals surface area contributed by atoms with Crippen LogP contribution in [0.5, 0.6) is 0 Å². The summed E-state index contributed by atoms with van der Waals surface area (Å²) >= 11 is 0. The number of benzene rings is 1. The van der Waals surface area contributed by atoms with Crippen LogP contribution in [0.15, 0.2) is 49.3 Å². The summed E-state index contributed by atoms with van der Waals surface area (Å²) in [5.74, 6) is -0.590. The molecule has 0 aliphatic rings. The molecular weight excluding hydrogens is 290 g/mol. The van der Waals surface area contributed by atoms with Crippen LogP contribution in [-0.2, 0) is 0 Å². The van der Waals surface area contributed by atoms with Crippen molar-refractivity contribution >= 4 is 17.5 Å². The summed E-state index contributed by atoms with van der Waals surface area (Å²) in [6, 6.07) is 7.32. The van der Waals surface area contributed by atoms with E-state index in [-0.39, 0.29) is 11.8 Å². The zero-order chi connectivity index (χ0) is 16.8. The standard InChI is InChI=1S/C18H19N3O2/c1-4-8-20-17(22)14-9-15(11-19-10-14)18(23)21-16-12(2)6-5-7-13(16)3/h4-7,9-11H,1,8H2,2-3H3,(H,20,22)(H,21,23). The predicted molar refractivity (Wildman–Crippen MR) is 90.6 cm³/mol. The molecule has 0 unspecified atom stereocenters. The van der Waals surface area contributed by atoms with Gasteiger partial charge in [0.15, 0.2) is 0 Å². The number of anilines is 1. The Bertz CT molecular complexity index is 733. The molecule has 0 bridgehead atoms. The van der Waals surface area contributed by atoms with Crippen LogP contribution in [0, 0.1) is 13.8 Å². The molecule has 5 heteroatoms. The molecule has 0 fully saturated rings. The number of para-hydroxylation sites is 1. The number of rotatable bonds is 5. The summed E-state index contributed by atoms with van der Waals surface area (Å²) in [7, 11) is 0. The molecule has 5 nitrogen and oxygen atoms in total. The molecule has 0 saturated carbocycles. The molecule has 2 aromatic rings. The van der Waals surface area contributed by atoms with E-state index >= 15 is 0 Å². The molecule has 1 aromatic carbocycles. The first-order chi connectivity index (χ1) is 11.0. The van der Waals surface area contributed by atoms with Gasteiger partial charge in [0.25, 0.3) is 11.8 Å². The Morgan fingerprint density at radius 1 is 1.13 bits per heavy atom. The van der Waals surface area contributed by atoms with Crippen LogP contribution >= 0.6 is 0 Å². The van der Waals surface area contributed by atoms with Crippen LogP contribution in [-0.4, -0.2) is 23.3 Å². The minimum atomic E-state index is -0.298. The smallest absolute Gasteiger partial charge is 0.257 e. The second-order valence-electron chi connectivity index (χ2n) is 5.18. The SMILES string of the molecule is C=CCNC(=O)c1cncc(C(=O)Nc2c(C)cccc2C)c1. The zero-order valence-electron chi connectivity index (χ0n) is 13.2. The molecule has 0 aliphatic carbocycles. The summed E-state index contributed by atoms with van der Waals surface area (Å²) in [6.07, 6.45) is 4.45. The Labute approximate surface area is 135 Å². The number of aromatic nitrogens is 1. The van der Waals surface area contributed by atoms with Gasteiger partial charge in [0.2, 0.25) is 0 Å². The highest BCUT2D eigenvalue weighted by molar-refractivity contribution is 6.06. The third-order valence-electron chi connectivity index (χ3n) is 3.39. The predicted octanol–water partition coefficient (Wildman–Crippen LogP) is 2.87. The molecule has 2 amide bonds. The van der Waals surface area contributed by atoms with Gasteiger partial charge in [-0.3, -0.25) is 14.6 Å². The second kappa shape index (κ2) is 7.35. The lowest BCUT2D eigenvalue weighted by atomic mass is 10.1. The average molecular weight is 309 g/mol. The maximum Gasteiger partial charge on any atom is 0.257 e. The molecular formula is C18H19N3O2. The lowest BCUT2D eigenvalue weighted by Gasteiger charge is -2.11. The van der Waals surface area contributed by atoms with Gasteiger partial charge in [-0.1, -0.05) is 24.3 Å². The monoisotopic (exact) mass is 309 g/mol. The van der Waals surface area contributed by atoms with Crippen LogP contribution < -0.4 is 10.6 Å².